The molecule has 2 rings (SSSR count). The van der Waals surface area contributed by atoms with Gasteiger partial charge >= 0.3 is 23.9 Å². The van der Waals surface area contributed by atoms with Crippen LogP contribution in [-0.2, 0) is 38.1 Å². The van der Waals surface area contributed by atoms with E-state index in [1.807, 2.05) is 0 Å². The second kappa shape index (κ2) is 7.77. The summed E-state index contributed by atoms with van der Waals surface area (Å²) in [4.78, 5) is 51.9. The van der Waals surface area contributed by atoms with Gasteiger partial charge in [0.2, 0.25) is 0 Å². The van der Waals surface area contributed by atoms with E-state index in [1.165, 1.54) is 40.6 Å². The van der Waals surface area contributed by atoms with Gasteiger partial charge in [0.15, 0.2) is 0 Å². The minimum absolute atomic E-state index is 0.0118. The van der Waals surface area contributed by atoms with Crippen LogP contribution in [-0.4, -0.2) is 52.3 Å². The third kappa shape index (κ3) is 2.50. The third-order valence-electron chi connectivity index (χ3n) is 6.44. The van der Waals surface area contributed by atoms with Crippen LogP contribution in [0.15, 0.2) is 25.3 Å². The van der Waals surface area contributed by atoms with Crippen molar-refractivity contribution in [3.8, 4) is 0 Å². The molecule has 0 aliphatic heterocycles. The lowest BCUT2D eigenvalue weighted by molar-refractivity contribution is -0.185. The second-order valence-electron chi connectivity index (χ2n) is 7.13. The van der Waals surface area contributed by atoms with Crippen molar-refractivity contribution in [2.75, 3.05) is 28.4 Å². The molecule has 0 aromatic rings. The van der Waals surface area contributed by atoms with E-state index in [4.69, 9.17) is 18.9 Å². The molecule has 154 valence electrons. The van der Waals surface area contributed by atoms with Crippen LogP contribution in [0.3, 0.4) is 0 Å². The monoisotopic (exact) mass is 394 g/mol. The maximum Gasteiger partial charge on any atom is 0.313 e. The molecule has 2 saturated carbocycles. The number of allylic oxidation sites excluding steroid dienone is 2. The molecule has 2 aliphatic rings. The van der Waals surface area contributed by atoms with Gasteiger partial charge in [0.05, 0.1) is 51.1 Å². The van der Waals surface area contributed by atoms with Crippen LogP contribution in [0.2, 0.25) is 0 Å². The first kappa shape index (κ1) is 21.7. The molecule has 0 bridgehead atoms. The zero-order chi connectivity index (χ0) is 21.3. The number of esters is 4. The van der Waals surface area contributed by atoms with Crippen LogP contribution >= 0.6 is 0 Å². The lowest BCUT2D eigenvalue weighted by Gasteiger charge is -2.40. The molecule has 2 fully saturated rings. The fourth-order valence-corrected chi connectivity index (χ4v) is 5.48. The average molecular weight is 394 g/mol. The van der Waals surface area contributed by atoms with Gasteiger partial charge in [0.1, 0.15) is 0 Å². The van der Waals surface area contributed by atoms with Crippen LogP contribution in [0.1, 0.15) is 12.8 Å². The summed E-state index contributed by atoms with van der Waals surface area (Å²) in [6, 6.07) is 0. The lowest BCUT2D eigenvalue weighted by Crippen LogP contribution is -2.55. The Hall–Kier alpha value is -2.64. The largest absolute Gasteiger partial charge is 0.469 e. The minimum atomic E-state index is -1.68. The molecule has 0 aromatic heterocycles. The number of hydrogen-bond donors (Lipinski definition) is 0. The maximum atomic E-state index is 13.2. The van der Waals surface area contributed by atoms with Crippen molar-refractivity contribution in [2.45, 2.75) is 12.8 Å². The van der Waals surface area contributed by atoms with E-state index in [1.54, 1.807) is 0 Å². The molecule has 8 nitrogen and oxygen atoms in total. The minimum Gasteiger partial charge on any atom is -0.469 e. The zero-order valence-electron chi connectivity index (χ0n) is 16.6. The van der Waals surface area contributed by atoms with Gasteiger partial charge in [0.25, 0.3) is 0 Å². The Morgan fingerprint density at radius 2 is 1.04 bits per heavy atom. The highest BCUT2D eigenvalue weighted by molar-refractivity contribution is 5.99. The summed E-state index contributed by atoms with van der Waals surface area (Å²) >= 11 is 0. The molecule has 0 heterocycles. The average Bonchev–Trinajstić information content (AvgIpc) is 3.18. The molecule has 2 aliphatic carbocycles. The third-order valence-corrected chi connectivity index (χ3v) is 6.44. The summed E-state index contributed by atoms with van der Waals surface area (Å²) in [7, 11) is 4.73. The lowest BCUT2D eigenvalue weighted by atomic mass is 9.61. The molecule has 0 saturated heterocycles. The first-order chi connectivity index (χ1) is 13.3. The van der Waals surface area contributed by atoms with Crippen LogP contribution < -0.4 is 0 Å². The van der Waals surface area contributed by atoms with Crippen LogP contribution in [0.5, 0.6) is 0 Å². The Kier molecular flexibility index (Phi) is 6.01. The Morgan fingerprint density at radius 3 is 1.25 bits per heavy atom. The van der Waals surface area contributed by atoms with Crippen LogP contribution in [0.25, 0.3) is 0 Å². The number of carbonyl (C=O) groups is 4. The van der Waals surface area contributed by atoms with E-state index in [2.05, 4.69) is 13.2 Å². The summed E-state index contributed by atoms with van der Waals surface area (Å²) in [6.45, 7) is 7.50. The summed E-state index contributed by atoms with van der Waals surface area (Å²) < 4.78 is 20.0. The number of hydrogen-bond acceptors (Lipinski definition) is 8. The van der Waals surface area contributed by atoms with E-state index in [-0.39, 0.29) is 12.8 Å². The molecular formula is C20H26O8. The number of ether oxygens (including phenoxy) is 4. The highest BCUT2D eigenvalue weighted by Crippen LogP contribution is 2.72. The highest BCUT2D eigenvalue weighted by atomic mass is 16.5. The summed E-state index contributed by atoms with van der Waals surface area (Å²) in [6.07, 6.45) is 2.96. The maximum absolute atomic E-state index is 13.2. The predicted octanol–water partition coefficient (Wildman–Crippen LogP) is 1.30. The highest BCUT2D eigenvalue weighted by Gasteiger charge is 2.81. The quantitative estimate of drug-likeness (QED) is 0.377. The Labute approximate surface area is 163 Å². The number of carbonyl (C=O) groups excluding carboxylic acids is 4. The standard InChI is InChI=1S/C20H26O8/c1-7-11-9-19(17(23)27-5)14(16(22)26-4)12(8-2)10-20(19,18(24)28-6)13(11)15(21)25-3/h7-8,11-14H,1-2,9-10H2,3-6H3. The van der Waals surface area contributed by atoms with Gasteiger partial charge in [-0.05, 0) is 24.7 Å². The van der Waals surface area contributed by atoms with Gasteiger partial charge < -0.3 is 18.9 Å². The number of rotatable bonds is 6. The number of methoxy groups -OCH3 is 4. The van der Waals surface area contributed by atoms with E-state index in [0.29, 0.717) is 0 Å². The molecule has 6 atom stereocenters. The van der Waals surface area contributed by atoms with Crippen molar-refractivity contribution in [1.29, 1.82) is 0 Å². The van der Waals surface area contributed by atoms with Gasteiger partial charge in [-0.25, -0.2) is 0 Å². The van der Waals surface area contributed by atoms with Crippen LogP contribution in [0.4, 0.5) is 0 Å². The van der Waals surface area contributed by atoms with Gasteiger partial charge in [-0.1, -0.05) is 12.2 Å². The van der Waals surface area contributed by atoms with Gasteiger partial charge in [0, 0.05) is 0 Å². The van der Waals surface area contributed by atoms with E-state index in [0.717, 1.165) is 0 Å². The van der Waals surface area contributed by atoms with E-state index >= 15 is 0 Å². The van der Waals surface area contributed by atoms with Gasteiger partial charge in [-0.15, -0.1) is 13.2 Å². The summed E-state index contributed by atoms with van der Waals surface area (Å²) in [5.74, 6) is -6.29. The van der Waals surface area contributed by atoms with Gasteiger partial charge in [-0.3, -0.25) is 19.2 Å². The summed E-state index contributed by atoms with van der Waals surface area (Å²) in [5.41, 5.74) is -3.36. The molecule has 0 N–H and O–H groups in total. The molecule has 0 radical (unpaired) electrons. The second-order valence-corrected chi connectivity index (χ2v) is 7.13. The van der Waals surface area contributed by atoms with Crippen LogP contribution in [0, 0.1) is 34.5 Å². The molecule has 0 aromatic carbocycles. The molecule has 0 amide bonds. The first-order valence-corrected chi connectivity index (χ1v) is 8.84. The Bertz CT molecular complexity index is 653. The van der Waals surface area contributed by atoms with Crippen molar-refractivity contribution in [2.24, 2.45) is 34.5 Å². The van der Waals surface area contributed by atoms with E-state index < -0.39 is 58.4 Å². The fourth-order valence-electron chi connectivity index (χ4n) is 5.48. The molecule has 0 spiro atoms. The smallest absolute Gasteiger partial charge is 0.313 e. The topological polar surface area (TPSA) is 105 Å². The van der Waals surface area contributed by atoms with Crippen molar-refractivity contribution in [1.82, 2.24) is 0 Å². The normalized spacial score (nSPS) is 36.0. The van der Waals surface area contributed by atoms with Crippen molar-refractivity contribution in [3.63, 3.8) is 0 Å². The molecule has 28 heavy (non-hydrogen) atoms. The zero-order valence-corrected chi connectivity index (χ0v) is 16.6. The molecule has 8 heteroatoms. The Balaban J connectivity index is 2.93. The number of fused-ring (bicyclic) bond motifs is 1. The summed E-state index contributed by atoms with van der Waals surface area (Å²) in [5, 5.41) is 0. The van der Waals surface area contributed by atoms with Gasteiger partial charge in [-0.2, -0.15) is 0 Å². The van der Waals surface area contributed by atoms with E-state index in [9.17, 15) is 19.2 Å². The molecule has 6 unspecified atom stereocenters. The first-order valence-electron chi connectivity index (χ1n) is 8.84. The van der Waals surface area contributed by atoms with Crippen molar-refractivity contribution >= 4 is 23.9 Å². The van der Waals surface area contributed by atoms with Crippen molar-refractivity contribution < 1.29 is 38.1 Å². The SMILES string of the molecule is C=CC1CC2(C(=O)OC)C(C(=O)OC)C(C=C)CC2(C(=O)OC)C1C(=O)OC. The van der Waals surface area contributed by atoms with Crippen molar-refractivity contribution in [3.05, 3.63) is 25.3 Å². The fraction of sp³-hybridized carbons (Fsp3) is 0.600. The Morgan fingerprint density at radius 1 is 0.714 bits per heavy atom. The predicted molar refractivity (Wildman–Crippen MR) is 96.5 cm³/mol. The molecular weight excluding hydrogens is 368 g/mol.